The topological polar surface area (TPSA) is 58.6 Å². The smallest absolute Gasteiger partial charge is 0.224 e. The standard InChI is InChI=1S/C18H24ClFN2O3/c1-25-11-8-18(24)22-9-6-13(7-10-22)2-5-17(23)21-14-3-4-16(20)15(19)12-14/h3-4,12-13H,2,5-11H2,1H3,(H,21,23). The van der Waals surface area contributed by atoms with Crippen LogP contribution in [-0.4, -0.2) is 43.5 Å². The van der Waals surface area contributed by atoms with E-state index in [0.717, 1.165) is 32.4 Å². The molecule has 5 nitrogen and oxygen atoms in total. The van der Waals surface area contributed by atoms with Gasteiger partial charge in [0.15, 0.2) is 0 Å². The van der Waals surface area contributed by atoms with Crippen LogP contribution in [0.2, 0.25) is 5.02 Å². The van der Waals surface area contributed by atoms with Crippen LogP contribution in [0, 0.1) is 11.7 Å². The molecule has 1 fully saturated rings. The van der Waals surface area contributed by atoms with Crippen molar-refractivity contribution in [2.45, 2.75) is 32.1 Å². The van der Waals surface area contributed by atoms with E-state index in [4.69, 9.17) is 16.3 Å². The molecule has 1 aliphatic heterocycles. The molecule has 0 spiro atoms. The fraction of sp³-hybridized carbons (Fsp3) is 0.556. The summed E-state index contributed by atoms with van der Waals surface area (Å²) >= 11 is 5.70. The predicted octanol–water partition coefficient (Wildman–Crippen LogP) is 3.47. The van der Waals surface area contributed by atoms with Crippen molar-refractivity contribution in [3.05, 3.63) is 29.0 Å². The molecule has 138 valence electrons. The first-order chi connectivity index (χ1) is 12.0. The van der Waals surface area contributed by atoms with Crippen LogP contribution in [0.15, 0.2) is 18.2 Å². The SMILES string of the molecule is COCCC(=O)N1CCC(CCC(=O)Nc2ccc(F)c(Cl)c2)CC1. The number of benzene rings is 1. The number of nitrogens with zero attached hydrogens (tertiary/aromatic N) is 1. The van der Waals surface area contributed by atoms with Crippen molar-refractivity contribution in [2.24, 2.45) is 5.92 Å². The van der Waals surface area contributed by atoms with Crippen molar-refractivity contribution in [1.82, 2.24) is 4.90 Å². The average molecular weight is 371 g/mol. The number of hydrogen-bond acceptors (Lipinski definition) is 3. The number of hydrogen-bond donors (Lipinski definition) is 1. The largest absolute Gasteiger partial charge is 0.384 e. The minimum Gasteiger partial charge on any atom is -0.384 e. The number of anilines is 1. The van der Waals surface area contributed by atoms with Crippen molar-refractivity contribution in [1.29, 1.82) is 0 Å². The number of rotatable bonds is 7. The molecular weight excluding hydrogens is 347 g/mol. The van der Waals surface area contributed by atoms with E-state index in [1.807, 2.05) is 4.90 Å². The van der Waals surface area contributed by atoms with Crippen molar-refractivity contribution in [3.63, 3.8) is 0 Å². The first-order valence-electron chi connectivity index (χ1n) is 8.51. The van der Waals surface area contributed by atoms with Gasteiger partial charge in [-0.25, -0.2) is 4.39 Å². The van der Waals surface area contributed by atoms with Gasteiger partial charge in [-0.15, -0.1) is 0 Å². The van der Waals surface area contributed by atoms with Gasteiger partial charge in [0.25, 0.3) is 0 Å². The zero-order valence-electron chi connectivity index (χ0n) is 14.4. The second-order valence-corrected chi connectivity index (χ2v) is 6.69. The lowest BCUT2D eigenvalue weighted by Crippen LogP contribution is -2.39. The van der Waals surface area contributed by atoms with E-state index in [1.165, 1.54) is 18.2 Å². The summed E-state index contributed by atoms with van der Waals surface area (Å²) in [4.78, 5) is 25.8. The lowest BCUT2D eigenvalue weighted by atomic mass is 9.92. The van der Waals surface area contributed by atoms with E-state index >= 15 is 0 Å². The Bertz CT molecular complexity index is 604. The van der Waals surface area contributed by atoms with E-state index < -0.39 is 5.82 Å². The van der Waals surface area contributed by atoms with Gasteiger partial charge < -0.3 is 15.0 Å². The van der Waals surface area contributed by atoms with E-state index in [1.54, 1.807) is 7.11 Å². The number of halogens is 2. The van der Waals surface area contributed by atoms with Crippen molar-refractivity contribution < 1.29 is 18.7 Å². The molecule has 1 saturated heterocycles. The average Bonchev–Trinajstić information content (AvgIpc) is 2.61. The fourth-order valence-corrected chi connectivity index (χ4v) is 3.13. The molecule has 2 amide bonds. The minimum absolute atomic E-state index is 0.0108. The third-order valence-electron chi connectivity index (χ3n) is 4.47. The Labute approximate surface area is 152 Å². The van der Waals surface area contributed by atoms with Gasteiger partial charge in [-0.05, 0) is 43.4 Å². The number of nitrogens with one attached hydrogen (secondary N) is 1. The Morgan fingerprint density at radius 3 is 2.68 bits per heavy atom. The zero-order valence-corrected chi connectivity index (χ0v) is 15.2. The van der Waals surface area contributed by atoms with Gasteiger partial charge in [-0.1, -0.05) is 11.6 Å². The van der Waals surface area contributed by atoms with Gasteiger partial charge in [0, 0.05) is 32.3 Å². The molecule has 25 heavy (non-hydrogen) atoms. The second-order valence-electron chi connectivity index (χ2n) is 6.28. The molecule has 0 unspecified atom stereocenters. The number of likely N-dealkylation sites (tertiary alicyclic amines) is 1. The first-order valence-corrected chi connectivity index (χ1v) is 8.89. The Morgan fingerprint density at radius 2 is 2.04 bits per heavy atom. The highest BCUT2D eigenvalue weighted by molar-refractivity contribution is 6.31. The highest BCUT2D eigenvalue weighted by Crippen LogP contribution is 2.23. The summed E-state index contributed by atoms with van der Waals surface area (Å²) in [6.45, 7) is 1.93. The molecular formula is C18H24ClFN2O3. The van der Waals surface area contributed by atoms with Gasteiger partial charge in [0.2, 0.25) is 11.8 Å². The lowest BCUT2D eigenvalue weighted by molar-refractivity contribution is -0.133. The molecule has 1 N–H and O–H groups in total. The number of methoxy groups -OCH3 is 1. The molecule has 2 rings (SSSR count). The van der Waals surface area contributed by atoms with Gasteiger partial charge in [0.05, 0.1) is 18.1 Å². The number of carbonyl (C=O) groups is 2. The van der Waals surface area contributed by atoms with E-state index in [0.29, 0.717) is 31.1 Å². The molecule has 0 atom stereocenters. The maximum absolute atomic E-state index is 13.1. The summed E-state index contributed by atoms with van der Waals surface area (Å²) in [5, 5.41) is 2.72. The van der Waals surface area contributed by atoms with Crippen molar-refractivity contribution in [2.75, 3.05) is 32.1 Å². The molecule has 0 radical (unpaired) electrons. The highest BCUT2D eigenvalue weighted by atomic mass is 35.5. The lowest BCUT2D eigenvalue weighted by Gasteiger charge is -2.32. The van der Waals surface area contributed by atoms with Gasteiger partial charge in [-0.2, -0.15) is 0 Å². The molecule has 7 heteroatoms. The van der Waals surface area contributed by atoms with Crippen molar-refractivity contribution >= 4 is 29.1 Å². The Kier molecular flexibility index (Phi) is 7.65. The minimum atomic E-state index is -0.508. The van der Waals surface area contributed by atoms with Crippen LogP contribution >= 0.6 is 11.6 Å². The highest BCUT2D eigenvalue weighted by Gasteiger charge is 2.22. The summed E-state index contributed by atoms with van der Waals surface area (Å²) in [7, 11) is 1.59. The number of ether oxygens (including phenoxy) is 1. The molecule has 0 aromatic heterocycles. The van der Waals surface area contributed by atoms with E-state index in [-0.39, 0.29) is 16.8 Å². The van der Waals surface area contributed by atoms with Crippen LogP contribution in [-0.2, 0) is 14.3 Å². The predicted molar refractivity (Wildman–Crippen MR) is 95.1 cm³/mol. The van der Waals surface area contributed by atoms with Crippen LogP contribution in [0.3, 0.4) is 0 Å². The molecule has 1 aromatic carbocycles. The third kappa shape index (κ3) is 6.29. The summed E-state index contributed by atoms with van der Waals surface area (Å²) in [6, 6.07) is 4.12. The maximum Gasteiger partial charge on any atom is 0.224 e. The van der Waals surface area contributed by atoms with E-state index in [9.17, 15) is 14.0 Å². The monoisotopic (exact) mass is 370 g/mol. The van der Waals surface area contributed by atoms with Crippen LogP contribution < -0.4 is 5.32 Å². The summed E-state index contributed by atoms with van der Waals surface area (Å²) in [5.41, 5.74) is 0.495. The van der Waals surface area contributed by atoms with E-state index in [2.05, 4.69) is 5.32 Å². The first kappa shape index (κ1) is 19.7. The number of carbonyl (C=O) groups excluding carboxylic acids is 2. The van der Waals surface area contributed by atoms with Crippen LogP contribution in [0.5, 0.6) is 0 Å². The maximum atomic E-state index is 13.1. The van der Waals surface area contributed by atoms with Gasteiger partial charge in [0.1, 0.15) is 5.82 Å². The summed E-state index contributed by atoms with van der Waals surface area (Å²) in [5.74, 6) is -0.0481. The molecule has 0 bridgehead atoms. The Morgan fingerprint density at radius 1 is 1.32 bits per heavy atom. The quantitative estimate of drug-likeness (QED) is 0.799. The molecule has 0 saturated carbocycles. The van der Waals surface area contributed by atoms with Gasteiger partial charge in [-0.3, -0.25) is 9.59 Å². The molecule has 0 aliphatic carbocycles. The normalized spacial score (nSPS) is 15.2. The summed E-state index contributed by atoms with van der Waals surface area (Å²) < 4.78 is 18.0. The van der Waals surface area contributed by atoms with Crippen LogP contribution in [0.1, 0.15) is 32.1 Å². The molecule has 1 heterocycles. The summed E-state index contributed by atoms with van der Waals surface area (Å²) in [6.07, 6.45) is 3.42. The number of amides is 2. The molecule has 1 aliphatic rings. The van der Waals surface area contributed by atoms with Crippen LogP contribution in [0.4, 0.5) is 10.1 Å². The zero-order chi connectivity index (χ0) is 18.2. The Balaban J connectivity index is 1.69. The van der Waals surface area contributed by atoms with Crippen LogP contribution in [0.25, 0.3) is 0 Å². The molecule has 1 aromatic rings. The Hall–Kier alpha value is -1.66. The fourth-order valence-electron chi connectivity index (χ4n) is 2.95. The van der Waals surface area contributed by atoms with Crippen molar-refractivity contribution in [3.8, 4) is 0 Å². The second kappa shape index (κ2) is 9.73. The number of piperidine rings is 1. The van der Waals surface area contributed by atoms with Gasteiger partial charge >= 0.3 is 0 Å². The third-order valence-corrected chi connectivity index (χ3v) is 4.76.